The normalized spacial score (nSPS) is 14.4. The second-order valence-electron chi connectivity index (χ2n) is 20.6. The Morgan fingerprint density at radius 2 is 0.882 bits per heavy atom. The van der Waals surface area contributed by atoms with Crippen molar-refractivity contribution < 1.29 is 32.9 Å². The molecule has 0 bridgehead atoms. The van der Waals surface area contributed by atoms with E-state index in [9.17, 15) is 19.4 Å². The number of nitrogens with one attached hydrogen (secondary N) is 1. The minimum absolute atomic E-state index is 0.0524. The summed E-state index contributed by atoms with van der Waals surface area (Å²) in [5.41, 5.74) is 0. The van der Waals surface area contributed by atoms with Gasteiger partial charge in [-0.05, 0) is 70.6 Å². The monoisotopic (exact) mass is 976 g/mol. The van der Waals surface area contributed by atoms with E-state index in [0.717, 1.165) is 57.8 Å². The highest BCUT2D eigenvalue weighted by Crippen LogP contribution is 2.43. The summed E-state index contributed by atoms with van der Waals surface area (Å²) in [7, 11) is 1.54. The van der Waals surface area contributed by atoms with Crippen molar-refractivity contribution in [3.63, 3.8) is 0 Å². The quantitative estimate of drug-likeness (QED) is 0.0243. The molecule has 68 heavy (non-hydrogen) atoms. The summed E-state index contributed by atoms with van der Waals surface area (Å²) < 4.78 is 23.6. The molecule has 0 heterocycles. The average Bonchev–Trinajstić information content (AvgIpc) is 3.30. The molecule has 3 atom stereocenters. The van der Waals surface area contributed by atoms with Crippen LogP contribution in [-0.2, 0) is 18.4 Å². The molecule has 0 aliphatic carbocycles. The number of unbranched alkanes of at least 4 members (excludes halogenated alkanes) is 31. The van der Waals surface area contributed by atoms with E-state index in [2.05, 4.69) is 67.8 Å². The summed E-state index contributed by atoms with van der Waals surface area (Å²) in [4.78, 5) is 23.2. The van der Waals surface area contributed by atoms with Gasteiger partial charge in [0.05, 0.1) is 39.9 Å². The maximum Gasteiger partial charge on any atom is 0.472 e. The number of rotatable bonds is 52. The Bertz CT molecular complexity index is 1290. The van der Waals surface area contributed by atoms with E-state index in [4.69, 9.17) is 9.05 Å². The third-order valence-electron chi connectivity index (χ3n) is 12.7. The molecule has 398 valence electrons. The molecule has 0 aliphatic heterocycles. The Hall–Kier alpha value is -1.80. The number of phosphoric ester groups is 1. The average molecular weight is 977 g/mol. The van der Waals surface area contributed by atoms with Gasteiger partial charge in [0.2, 0.25) is 5.91 Å². The van der Waals surface area contributed by atoms with Crippen molar-refractivity contribution in [3.05, 3.63) is 60.8 Å². The van der Waals surface area contributed by atoms with E-state index in [1.54, 1.807) is 6.08 Å². The van der Waals surface area contributed by atoms with E-state index < -0.39 is 20.0 Å². The minimum atomic E-state index is -4.35. The van der Waals surface area contributed by atoms with Crippen LogP contribution in [0.5, 0.6) is 0 Å². The molecule has 0 spiro atoms. The Kier molecular flexibility index (Phi) is 48.8. The van der Waals surface area contributed by atoms with Crippen molar-refractivity contribution in [2.75, 3.05) is 40.9 Å². The number of aliphatic hydroxyl groups excluding tert-OH is 1. The summed E-state index contributed by atoms with van der Waals surface area (Å²) in [6.07, 6.45) is 67.9. The van der Waals surface area contributed by atoms with E-state index >= 15 is 0 Å². The molecule has 0 aromatic rings. The van der Waals surface area contributed by atoms with Crippen LogP contribution in [0.2, 0.25) is 0 Å². The highest BCUT2D eigenvalue weighted by atomic mass is 31.2. The van der Waals surface area contributed by atoms with Crippen molar-refractivity contribution in [1.29, 1.82) is 0 Å². The first kappa shape index (κ1) is 66.2. The zero-order chi connectivity index (χ0) is 49.9. The first-order valence-electron chi connectivity index (χ1n) is 28.7. The number of likely N-dealkylation sites (N-methyl/N-ethyl adjacent to an activating group) is 1. The number of amides is 1. The third-order valence-corrected chi connectivity index (χ3v) is 13.7. The van der Waals surface area contributed by atoms with E-state index in [1.165, 1.54) is 180 Å². The molecule has 0 rings (SSSR count). The SMILES string of the molecule is CCC/C=C/CC/C=C/CC/C=C/C(O)C(COP(=O)(O)OCC[N+](C)(C)C)NC(=O)CCCCCCCCCCCCCCCCCCC/C=C\C/C=C\CCCCCCCCCCCCC. The van der Waals surface area contributed by atoms with Crippen LogP contribution in [0.4, 0.5) is 0 Å². The first-order valence-corrected chi connectivity index (χ1v) is 30.2. The Balaban J connectivity index is 3.96. The molecule has 9 heteroatoms. The molecule has 0 aliphatic rings. The summed E-state index contributed by atoms with van der Waals surface area (Å²) in [6.45, 7) is 4.72. The molecule has 3 unspecified atom stereocenters. The smallest absolute Gasteiger partial charge is 0.387 e. The second kappa shape index (κ2) is 50.2. The Morgan fingerprint density at radius 1 is 0.500 bits per heavy atom. The van der Waals surface area contributed by atoms with E-state index in [1.807, 2.05) is 27.2 Å². The maximum absolute atomic E-state index is 12.9. The molecule has 1 amide bonds. The highest BCUT2D eigenvalue weighted by Gasteiger charge is 2.27. The van der Waals surface area contributed by atoms with E-state index in [0.29, 0.717) is 17.4 Å². The first-order chi connectivity index (χ1) is 33.0. The number of quaternary nitrogens is 1. The topological polar surface area (TPSA) is 105 Å². The molecule has 0 fully saturated rings. The zero-order valence-corrected chi connectivity index (χ0v) is 46.2. The van der Waals surface area contributed by atoms with Crippen molar-refractivity contribution in [1.82, 2.24) is 5.32 Å². The van der Waals surface area contributed by atoms with Crippen LogP contribution < -0.4 is 5.32 Å². The number of nitrogens with zero attached hydrogens (tertiary/aromatic N) is 1. The highest BCUT2D eigenvalue weighted by molar-refractivity contribution is 7.47. The number of allylic oxidation sites excluding steroid dienone is 9. The van der Waals surface area contributed by atoms with Gasteiger partial charge in [-0.2, -0.15) is 0 Å². The Labute approximate surface area is 422 Å². The molecular formula is C59H112N2O6P+. The predicted octanol–water partition coefficient (Wildman–Crippen LogP) is 17.3. The second-order valence-corrected chi connectivity index (χ2v) is 22.1. The molecule has 0 saturated heterocycles. The van der Waals surface area contributed by atoms with Gasteiger partial charge in [0.25, 0.3) is 0 Å². The zero-order valence-electron chi connectivity index (χ0n) is 45.3. The van der Waals surface area contributed by atoms with Gasteiger partial charge in [-0.15, -0.1) is 0 Å². The van der Waals surface area contributed by atoms with E-state index in [-0.39, 0.29) is 19.1 Å². The minimum Gasteiger partial charge on any atom is -0.387 e. The van der Waals surface area contributed by atoms with Crippen LogP contribution in [0.15, 0.2) is 60.8 Å². The number of hydrogen-bond acceptors (Lipinski definition) is 5. The number of hydrogen-bond donors (Lipinski definition) is 3. The van der Waals surface area contributed by atoms with Crippen LogP contribution in [-0.4, -0.2) is 73.4 Å². The fraction of sp³-hybridized carbons (Fsp3) is 0.814. The lowest BCUT2D eigenvalue weighted by Crippen LogP contribution is -2.45. The summed E-state index contributed by atoms with van der Waals surface area (Å²) in [5, 5.41) is 13.8. The fourth-order valence-corrected chi connectivity index (χ4v) is 8.91. The van der Waals surface area contributed by atoms with Crippen molar-refractivity contribution >= 4 is 13.7 Å². The van der Waals surface area contributed by atoms with Crippen molar-refractivity contribution in [2.45, 2.75) is 270 Å². The number of carbonyl (C=O) groups excluding carboxylic acids is 1. The van der Waals surface area contributed by atoms with Gasteiger partial charge in [0, 0.05) is 6.42 Å². The summed E-state index contributed by atoms with van der Waals surface area (Å²) in [6, 6.07) is -0.869. The van der Waals surface area contributed by atoms with Gasteiger partial charge in [-0.3, -0.25) is 13.8 Å². The summed E-state index contributed by atoms with van der Waals surface area (Å²) in [5.74, 6) is -0.192. The van der Waals surface area contributed by atoms with Gasteiger partial charge in [0.15, 0.2) is 0 Å². The molecule has 0 aromatic heterocycles. The number of phosphoric acid groups is 1. The standard InChI is InChI=1S/C59H111N2O6P/c1-6-8-10-12-14-16-18-19-20-21-22-23-24-25-26-27-28-29-30-31-32-33-34-35-36-37-38-39-40-41-43-45-47-49-51-53-59(63)60-57(56-67-68(64,65)66-55-54-61(3,4)5)58(62)52-50-48-46-44-42-17-15-13-11-9-7-2/h11,13,24-25,27-28,42,44,50,52,57-58,62H,6-10,12,14-23,26,29-41,43,45-49,51,53-56H2,1-5H3,(H-,60,63,64,65)/p+1/b13-11+,25-24-,28-27-,44-42+,52-50+. The fourth-order valence-electron chi connectivity index (χ4n) is 8.17. The lowest BCUT2D eigenvalue weighted by Gasteiger charge is -2.25. The largest absolute Gasteiger partial charge is 0.472 e. The lowest BCUT2D eigenvalue weighted by atomic mass is 10.0. The lowest BCUT2D eigenvalue weighted by molar-refractivity contribution is -0.870. The van der Waals surface area contributed by atoms with Crippen LogP contribution >= 0.6 is 7.82 Å². The molecule has 0 aromatic carbocycles. The molecule has 3 N–H and O–H groups in total. The molecular weight excluding hydrogens is 864 g/mol. The van der Waals surface area contributed by atoms with Gasteiger partial charge in [0.1, 0.15) is 13.2 Å². The van der Waals surface area contributed by atoms with Crippen LogP contribution in [0.3, 0.4) is 0 Å². The van der Waals surface area contributed by atoms with Crippen molar-refractivity contribution in [3.8, 4) is 0 Å². The third kappa shape index (κ3) is 52.0. The van der Waals surface area contributed by atoms with Crippen LogP contribution in [0.25, 0.3) is 0 Å². The molecule has 0 saturated carbocycles. The number of aliphatic hydroxyl groups is 1. The van der Waals surface area contributed by atoms with Gasteiger partial charge in [-0.25, -0.2) is 4.57 Å². The Morgan fingerprint density at radius 3 is 1.31 bits per heavy atom. The van der Waals surface area contributed by atoms with Gasteiger partial charge >= 0.3 is 7.82 Å². The maximum atomic E-state index is 12.9. The predicted molar refractivity (Wildman–Crippen MR) is 295 cm³/mol. The van der Waals surface area contributed by atoms with Crippen molar-refractivity contribution in [2.24, 2.45) is 0 Å². The molecule has 8 nitrogen and oxygen atoms in total. The van der Waals surface area contributed by atoms with Gasteiger partial charge in [-0.1, -0.05) is 242 Å². The number of carbonyl (C=O) groups is 1. The van der Waals surface area contributed by atoms with Crippen LogP contribution in [0, 0.1) is 0 Å². The molecule has 0 radical (unpaired) electrons. The van der Waals surface area contributed by atoms with Crippen LogP contribution in [0.1, 0.15) is 258 Å². The summed E-state index contributed by atoms with van der Waals surface area (Å²) >= 11 is 0. The van der Waals surface area contributed by atoms with Gasteiger partial charge < -0.3 is 19.8 Å².